The first kappa shape index (κ1) is 14.0. The van der Waals surface area contributed by atoms with E-state index in [2.05, 4.69) is 41.9 Å². The lowest BCUT2D eigenvalue weighted by Gasteiger charge is -2.27. The third-order valence-corrected chi connectivity index (χ3v) is 5.08. The van der Waals surface area contributed by atoms with Crippen LogP contribution in [0.4, 0.5) is 0 Å². The monoisotopic (exact) mass is 422 g/mol. The molecule has 0 saturated carbocycles. The maximum atomic E-state index is 12.7. The van der Waals surface area contributed by atoms with Crippen LogP contribution in [0.5, 0.6) is 0 Å². The number of carbonyl (C=O) groups is 1. The first-order chi connectivity index (χ1) is 10.6. The molecule has 1 aliphatic heterocycles. The number of hydrogen-bond acceptors (Lipinski definition) is 2. The Bertz CT molecular complexity index is 883. The fourth-order valence-corrected chi connectivity index (χ4v) is 3.58. The molecular formula is C15H12Br2N4O. The van der Waals surface area contributed by atoms with Crippen LogP contribution in [0.15, 0.2) is 39.4 Å². The zero-order valence-electron chi connectivity index (χ0n) is 11.5. The number of amides is 1. The van der Waals surface area contributed by atoms with E-state index in [0.717, 1.165) is 32.1 Å². The fourth-order valence-electron chi connectivity index (χ4n) is 2.78. The van der Waals surface area contributed by atoms with Crippen LogP contribution in [0.1, 0.15) is 16.2 Å². The van der Waals surface area contributed by atoms with Gasteiger partial charge in [-0.05, 0) is 40.2 Å². The van der Waals surface area contributed by atoms with Gasteiger partial charge < -0.3 is 9.88 Å². The van der Waals surface area contributed by atoms with Crippen molar-refractivity contribution in [3.05, 3.63) is 50.8 Å². The Balaban J connectivity index is 1.65. The number of fused-ring (bicyclic) bond motifs is 2. The maximum absolute atomic E-state index is 12.7. The number of halogens is 2. The lowest BCUT2D eigenvalue weighted by molar-refractivity contribution is 0.0700. The van der Waals surface area contributed by atoms with Crippen LogP contribution in [-0.4, -0.2) is 32.1 Å². The molecule has 4 rings (SSSR count). The summed E-state index contributed by atoms with van der Waals surface area (Å²) in [5.74, 6) is 0.0201. The number of aromatic amines is 1. The quantitative estimate of drug-likeness (QED) is 0.650. The molecule has 1 aliphatic rings. The Hall–Kier alpha value is -1.60. The molecule has 0 radical (unpaired) electrons. The number of rotatable bonds is 1. The SMILES string of the molecule is O=C(c1cc2cc(Br)ccc2[nH]1)N1CCn2ncc(Br)c2C1. The molecule has 1 aromatic carbocycles. The lowest BCUT2D eigenvalue weighted by atomic mass is 10.2. The number of H-pyrrole nitrogens is 1. The third kappa shape index (κ3) is 2.28. The van der Waals surface area contributed by atoms with Crippen LogP contribution in [0.3, 0.4) is 0 Å². The molecule has 7 heteroatoms. The highest BCUT2D eigenvalue weighted by atomic mass is 79.9. The standard InChI is InChI=1S/C15H12Br2N4O/c16-10-1-2-12-9(5-10)6-13(19-12)15(22)20-3-4-21-14(8-20)11(17)7-18-21/h1-2,5-7,19H,3-4,8H2. The van der Waals surface area contributed by atoms with E-state index < -0.39 is 0 Å². The van der Waals surface area contributed by atoms with E-state index in [0.29, 0.717) is 18.8 Å². The molecule has 0 unspecified atom stereocenters. The summed E-state index contributed by atoms with van der Waals surface area (Å²) in [5.41, 5.74) is 2.63. The maximum Gasteiger partial charge on any atom is 0.270 e. The van der Waals surface area contributed by atoms with Crippen molar-refractivity contribution in [1.29, 1.82) is 0 Å². The topological polar surface area (TPSA) is 53.9 Å². The molecule has 1 amide bonds. The molecule has 3 aromatic rings. The molecule has 2 aromatic heterocycles. The first-order valence-electron chi connectivity index (χ1n) is 6.89. The second-order valence-electron chi connectivity index (χ2n) is 5.30. The molecule has 3 heterocycles. The number of carbonyl (C=O) groups excluding carboxylic acids is 1. The van der Waals surface area contributed by atoms with Crippen molar-refractivity contribution in [2.75, 3.05) is 6.54 Å². The lowest BCUT2D eigenvalue weighted by Crippen LogP contribution is -2.38. The van der Waals surface area contributed by atoms with Crippen molar-refractivity contribution in [2.24, 2.45) is 0 Å². The van der Waals surface area contributed by atoms with Gasteiger partial charge in [-0.15, -0.1) is 0 Å². The summed E-state index contributed by atoms with van der Waals surface area (Å²) in [6.45, 7) is 1.95. The highest BCUT2D eigenvalue weighted by Gasteiger charge is 2.25. The van der Waals surface area contributed by atoms with Gasteiger partial charge in [0.05, 0.1) is 29.5 Å². The highest BCUT2D eigenvalue weighted by molar-refractivity contribution is 9.10. The molecule has 0 bridgehead atoms. The summed E-state index contributed by atoms with van der Waals surface area (Å²) in [6, 6.07) is 7.84. The number of nitrogens with zero attached hydrogens (tertiary/aromatic N) is 3. The minimum absolute atomic E-state index is 0.0201. The summed E-state index contributed by atoms with van der Waals surface area (Å²) in [5, 5.41) is 5.31. The van der Waals surface area contributed by atoms with Crippen molar-refractivity contribution < 1.29 is 4.79 Å². The Morgan fingerprint density at radius 2 is 2.09 bits per heavy atom. The molecule has 22 heavy (non-hydrogen) atoms. The van der Waals surface area contributed by atoms with Gasteiger partial charge in [-0.25, -0.2) is 0 Å². The van der Waals surface area contributed by atoms with E-state index in [4.69, 9.17) is 0 Å². The number of benzene rings is 1. The fraction of sp³-hybridized carbons (Fsp3) is 0.200. The zero-order valence-corrected chi connectivity index (χ0v) is 14.7. The van der Waals surface area contributed by atoms with Crippen molar-refractivity contribution in [2.45, 2.75) is 13.1 Å². The van der Waals surface area contributed by atoms with Gasteiger partial charge in [0.15, 0.2) is 0 Å². The third-order valence-electron chi connectivity index (χ3n) is 3.92. The molecule has 0 saturated heterocycles. The van der Waals surface area contributed by atoms with E-state index >= 15 is 0 Å². The van der Waals surface area contributed by atoms with Crippen LogP contribution in [0, 0.1) is 0 Å². The summed E-state index contributed by atoms with van der Waals surface area (Å²) in [4.78, 5) is 17.8. The smallest absolute Gasteiger partial charge is 0.270 e. The van der Waals surface area contributed by atoms with Gasteiger partial charge in [0, 0.05) is 21.9 Å². The van der Waals surface area contributed by atoms with Gasteiger partial charge in [0.25, 0.3) is 5.91 Å². The van der Waals surface area contributed by atoms with E-state index in [1.54, 1.807) is 6.20 Å². The molecule has 0 spiro atoms. The molecule has 1 N–H and O–H groups in total. The van der Waals surface area contributed by atoms with E-state index in [1.165, 1.54) is 0 Å². The number of hydrogen-bond donors (Lipinski definition) is 1. The highest BCUT2D eigenvalue weighted by Crippen LogP contribution is 2.24. The van der Waals surface area contributed by atoms with Gasteiger partial charge in [0.2, 0.25) is 0 Å². The van der Waals surface area contributed by atoms with Crippen LogP contribution < -0.4 is 0 Å². The van der Waals surface area contributed by atoms with Gasteiger partial charge in [-0.3, -0.25) is 9.48 Å². The Labute approximate surface area is 143 Å². The summed E-state index contributed by atoms with van der Waals surface area (Å²) < 4.78 is 3.89. The Morgan fingerprint density at radius 3 is 2.95 bits per heavy atom. The molecule has 5 nitrogen and oxygen atoms in total. The van der Waals surface area contributed by atoms with Gasteiger partial charge >= 0.3 is 0 Å². The molecule has 0 aliphatic carbocycles. The van der Waals surface area contributed by atoms with Crippen LogP contribution in [0.25, 0.3) is 10.9 Å². The normalized spacial score (nSPS) is 14.4. The molecular weight excluding hydrogens is 412 g/mol. The van der Waals surface area contributed by atoms with Gasteiger partial charge in [0.1, 0.15) is 5.69 Å². The van der Waals surface area contributed by atoms with Crippen molar-refractivity contribution in [3.8, 4) is 0 Å². The van der Waals surface area contributed by atoms with Gasteiger partial charge in [-0.2, -0.15) is 5.10 Å². The minimum Gasteiger partial charge on any atom is -0.351 e. The average molecular weight is 424 g/mol. The Kier molecular flexibility index (Phi) is 3.34. The second kappa shape index (κ2) is 5.24. The number of aromatic nitrogens is 3. The van der Waals surface area contributed by atoms with E-state index in [9.17, 15) is 4.79 Å². The molecule has 0 atom stereocenters. The van der Waals surface area contributed by atoms with Gasteiger partial charge in [-0.1, -0.05) is 15.9 Å². The molecule has 112 valence electrons. The Morgan fingerprint density at radius 1 is 1.23 bits per heavy atom. The van der Waals surface area contributed by atoms with E-state index in [-0.39, 0.29) is 5.91 Å². The summed E-state index contributed by atoms with van der Waals surface area (Å²) in [6.07, 6.45) is 1.78. The zero-order chi connectivity index (χ0) is 15.3. The predicted octanol–water partition coefficient (Wildman–Crippen LogP) is 3.55. The average Bonchev–Trinajstić information content (AvgIpc) is 3.10. The largest absolute Gasteiger partial charge is 0.351 e. The molecule has 0 fully saturated rings. The minimum atomic E-state index is 0.0201. The summed E-state index contributed by atoms with van der Waals surface area (Å²) >= 11 is 6.94. The van der Waals surface area contributed by atoms with Crippen LogP contribution in [-0.2, 0) is 13.1 Å². The van der Waals surface area contributed by atoms with Crippen LogP contribution >= 0.6 is 31.9 Å². The van der Waals surface area contributed by atoms with Crippen molar-refractivity contribution >= 4 is 48.7 Å². The summed E-state index contributed by atoms with van der Waals surface area (Å²) in [7, 11) is 0. The predicted molar refractivity (Wildman–Crippen MR) is 90.7 cm³/mol. The van der Waals surface area contributed by atoms with E-state index in [1.807, 2.05) is 33.8 Å². The van der Waals surface area contributed by atoms with Crippen LogP contribution in [0.2, 0.25) is 0 Å². The van der Waals surface area contributed by atoms with Crippen molar-refractivity contribution in [1.82, 2.24) is 19.7 Å². The first-order valence-corrected chi connectivity index (χ1v) is 8.48. The number of nitrogens with one attached hydrogen (secondary N) is 1. The van der Waals surface area contributed by atoms with Crippen molar-refractivity contribution in [3.63, 3.8) is 0 Å². The second-order valence-corrected chi connectivity index (χ2v) is 7.07.